The molecule has 0 saturated heterocycles. The van der Waals surface area contributed by atoms with Crippen LogP contribution in [-0.4, -0.2) is 21.8 Å². The molecule has 3 rings (SSSR count). The second-order valence-corrected chi connectivity index (χ2v) is 5.41. The van der Waals surface area contributed by atoms with Crippen LogP contribution in [0.1, 0.15) is 24.0 Å². The SMILES string of the molecule is O=C(Cc1ccc(F)cc1)N(Cc1ccncc1)C1CC1. The number of nitrogens with zero attached hydrogens (tertiary/aromatic N) is 2. The summed E-state index contributed by atoms with van der Waals surface area (Å²) < 4.78 is 12.9. The van der Waals surface area contributed by atoms with Crippen molar-refractivity contribution in [2.75, 3.05) is 0 Å². The van der Waals surface area contributed by atoms with Crippen LogP contribution in [0.4, 0.5) is 4.39 Å². The number of aromatic nitrogens is 1. The van der Waals surface area contributed by atoms with Gasteiger partial charge in [0.25, 0.3) is 0 Å². The van der Waals surface area contributed by atoms with Gasteiger partial charge in [-0.05, 0) is 48.2 Å². The molecule has 108 valence electrons. The normalized spacial score (nSPS) is 14.0. The van der Waals surface area contributed by atoms with E-state index in [1.807, 2.05) is 17.0 Å². The molecule has 21 heavy (non-hydrogen) atoms. The Morgan fingerprint density at radius 1 is 1.10 bits per heavy atom. The maximum atomic E-state index is 12.9. The van der Waals surface area contributed by atoms with E-state index < -0.39 is 0 Å². The molecule has 1 heterocycles. The summed E-state index contributed by atoms with van der Waals surface area (Å²) in [7, 11) is 0. The molecule has 1 aliphatic rings. The first-order chi connectivity index (χ1) is 10.2. The molecule has 1 fully saturated rings. The number of benzene rings is 1. The largest absolute Gasteiger partial charge is 0.335 e. The molecule has 2 aromatic rings. The van der Waals surface area contributed by atoms with Crippen LogP contribution in [0, 0.1) is 5.82 Å². The van der Waals surface area contributed by atoms with Gasteiger partial charge in [0.05, 0.1) is 6.42 Å². The lowest BCUT2D eigenvalue weighted by Gasteiger charge is -2.22. The summed E-state index contributed by atoms with van der Waals surface area (Å²) in [6.45, 7) is 0.618. The van der Waals surface area contributed by atoms with E-state index in [0.29, 0.717) is 19.0 Å². The highest BCUT2D eigenvalue weighted by Gasteiger charge is 2.32. The Morgan fingerprint density at radius 3 is 2.38 bits per heavy atom. The average molecular weight is 284 g/mol. The van der Waals surface area contributed by atoms with Crippen molar-refractivity contribution in [1.82, 2.24) is 9.88 Å². The van der Waals surface area contributed by atoms with Gasteiger partial charge in [-0.15, -0.1) is 0 Å². The number of hydrogen-bond donors (Lipinski definition) is 0. The summed E-state index contributed by atoms with van der Waals surface area (Å²) in [5, 5.41) is 0. The van der Waals surface area contributed by atoms with E-state index in [-0.39, 0.29) is 11.7 Å². The van der Waals surface area contributed by atoms with Gasteiger partial charge in [-0.25, -0.2) is 4.39 Å². The Bertz CT molecular complexity index is 608. The van der Waals surface area contributed by atoms with E-state index >= 15 is 0 Å². The Labute approximate surface area is 123 Å². The maximum absolute atomic E-state index is 12.9. The van der Waals surface area contributed by atoms with Gasteiger partial charge >= 0.3 is 0 Å². The van der Waals surface area contributed by atoms with Gasteiger partial charge in [0.15, 0.2) is 0 Å². The summed E-state index contributed by atoms with van der Waals surface area (Å²) in [5.41, 5.74) is 1.94. The third kappa shape index (κ3) is 3.66. The molecule has 1 aromatic heterocycles. The van der Waals surface area contributed by atoms with Gasteiger partial charge in [-0.1, -0.05) is 12.1 Å². The van der Waals surface area contributed by atoms with E-state index in [1.165, 1.54) is 12.1 Å². The van der Waals surface area contributed by atoms with E-state index in [9.17, 15) is 9.18 Å². The third-order valence-electron chi connectivity index (χ3n) is 3.68. The number of amides is 1. The molecule has 3 nitrogen and oxygen atoms in total. The van der Waals surface area contributed by atoms with Crippen molar-refractivity contribution in [3.8, 4) is 0 Å². The van der Waals surface area contributed by atoms with Crippen LogP contribution in [0.25, 0.3) is 0 Å². The standard InChI is InChI=1S/C17H17FN2O/c18-15-3-1-13(2-4-15)11-17(21)20(16-5-6-16)12-14-7-9-19-10-8-14/h1-4,7-10,16H,5-6,11-12H2. The smallest absolute Gasteiger partial charge is 0.227 e. The molecular formula is C17H17FN2O. The minimum absolute atomic E-state index is 0.0981. The number of carbonyl (C=O) groups is 1. The lowest BCUT2D eigenvalue weighted by atomic mass is 10.1. The van der Waals surface area contributed by atoms with Gasteiger partial charge in [0, 0.05) is 25.0 Å². The molecule has 1 saturated carbocycles. The van der Waals surface area contributed by atoms with Crippen LogP contribution in [0.2, 0.25) is 0 Å². The van der Waals surface area contributed by atoms with E-state index in [4.69, 9.17) is 0 Å². The van der Waals surface area contributed by atoms with Gasteiger partial charge in [-0.2, -0.15) is 0 Å². The van der Waals surface area contributed by atoms with Crippen molar-refractivity contribution in [3.05, 3.63) is 65.7 Å². The summed E-state index contributed by atoms with van der Waals surface area (Å²) in [6.07, 6.45) is 5.94. The average Bonchev–Trinajstić information content (AvgIpc) is 3.33. The third-order valence-corrected chi connectivity index (χ3v) is 3.68. The van der Waals surface area contributed by atoms with Crippen LogP contribution >= 0.6 is 0 Å². The minimum Gasteiger partial charge on any atom is -0.335 e. The fraction of sp³-hybridized carbons (Fsp3) is 0.294. The topological polar surface area (TPSA) is 33.2 Å². The van der Waals surface area contributed by atoms with Gasteiger partial charge in [-0.3, -0.25) is 9.78 Å². The number of rotatable bonds is 5. The van der Waals surface area contributed by atoms with Crippen molar-refractivity contribution < 1.29 is 9.18 Å². The fourth-order valence-corrected chi connectivity index (χ4v) is 2.37. The molecule has 0 unspecified atom stereocenters. The summed E-state index contributed by atoms with van der Waals surface area (Å²) in [4.78, 5) is 18.4. The number of hydrogen-bond acceptors (Lipinski definition) is 2. The van der Waals surface area contributed by atoms with E-state index in [0.717, 1.165) is 24.0 Å². The van der Waals surface area contributed by atoms with E-state index in [1.54, 1.807) is 24.5 Å². The van der Waals surface area contributed by atoms with Crippen LogP contribution in [0.5, 0.6) is 0 Å². The van der Waals surface area contributed by atoms with Gasteiger partial charge in [0.1, 0.15) is 5.82 Å². The molecule has 0 spiro atoms. The predicted octanol–water partition coefficient (Wildman–Crippen LogP) is 2.95. The monoisotopic (exact) mass is 284 g/mol. The Hall–Kier alpha value is -2.23. The lowest BCUT2D eigenvalue weighted by molar-refractivity contribution is -0.131. The first-order valence-electron chi connectivity index (χ1n) is 7.15. The minimum atomic E-state index is -0.276. The summed E-state index contributed by atoms with van der Waals surface area (Å²) in [5.74, 6) is -0.178. The highest BCUT2D eigenvalue weighted by Crippen LogP contribution is 2.29. The molecular weight excluding hydrogens is 267 g/mol. The van der Waals surface area contributed by atoms with E-state index in [2.05, 4.69) is 4.98 Å². The molecule has 0 N–H and O–H groups in total. The quantitative estimate of drug-likeness (QED) is 0.845. The first-order valence-corrected chi connectivity index (χ1v) is 7.15. The van der Waals surface area contributed by atoms with Crippen LogP contribution in [0.3, 0.4) is 0 Å². The molecule has 0 atom stereocenters. The lowest BCUT2D eigenvalue weighted by Crippen LogP contribution is -2.33. The second kappa shape index (κ2) is 6.04. The molecule has 0 aliphatic heterocycles. The highest BCUT2D eigenvalue weighted by atomic mass is 19.1. The summed E-state index contributed by atoms with van der Waals surface area (Å²) in [6, 6.07) is 10.3. The molecule has 1 amide bonds. The van der Waals surface area contributed by atoms with Crippen molar-refractivity contribution in [1.29, 1.82) is 0 Å². The van der Waals surface area contributed by atoms with Crippen LogP contribution in [0.15, 0.2) is 48.8 Å². The number of halogens is 1. The number of pyridine rings is 1. The molecule has 4 heteroatoms. The predicted molar refractivity (Wildman–Crippen MR) is 77.9 cm³/mol. The zero-order valence-electron chi connectivity index (χ0n) is 11.7. The second-order valence-electron chi connectivity index (χ2n) is 5.41. The summed E-state index contributed by atoms with van der Waals surface area (Å²) >= 11 is 0. The zero-order valence-corrected chi connectivity index (χ0v) is 11.7. The van der Waals surface area contributed by atoms with Crippen molar-refractivity contribution in [3.63, 3.8) is 0 Å². The number of carbonyl (C=O) groups excluding carboxylic acids is 1. The van der Waals surface area contributed by atoms with Crippen molar-refractivity contribution >= 4 is 5.91 Å². The zero-order chi connectivity index (χ0) is 14.7. The van der Waals surface area contributed by atoms with Crippen LogP contribution in [-0.2, 0) is 17.8 Å². The fourth-order valence-electron chi connectivity index (χ4n) is 2.37. The Morgan fingerprint density at radius 2 is 1.76 bits per heavy atom. The Kier molecular flexibility index (Phi) is 3.95. The first kappa shape index (κ1) is 13.7. The van der Waals surface area contributed by atoms with Gasteiger partial charge < -0.3 is 4.90 Å². The maximum Gasteiger partial charge on any atom is 0.227 e. The Balaban J connectivity index is 1.69. The molecule has 0 bridgehead atoms. The molecule has 1 aromatic carbocycles. The van der Waals surface area contributed by atoms with Crippen LogP contribution < -0.4 is 0 Å². The highest BCUT2D eigenvalue weighted by molar-refractivity contribution is 5.79. The molecule has 1 aliphatic carbocycles. The molecule has 0 radical (unpaired) electrons. The van der Waals surface area contributed by atoms with Gasteiger partial charge in [0.2, 0.25) is 5.91 Å². The van der Waals surface area contributed by atoms with Crippen molar-refractivity contribution in [2.24, 2.45) is 0 Å². The van der Waals surface area contributed by atoms with Crippen molar-refractivity contribution in [2.45, 2.75) is 31.8 Å².